The van der Waals surface area contributed by atoms with Gasteiger partial charge in [0.15, 0.2) is 0 Å². The highest BCUT2D eigenvalue weighted by Gasteiger charge is 2.57. The summed E-state index contributed by atoms with van der Waals surface area (Å²) in [5.41, 5.74) is 19.8. The molecule has 0 aromatic heterocycles. The molecular weight excluding hydrogens is 759 g/mol. The van der Waals surface area contributed by atoms with Gasteiger partial charge >= 0.3 is 0 Å². The molecule has 1 nitrogen and oxygen atoms in total. The number of nitrogens with zero attached hydrogens (tertiary/aromatic N) is 1. The second kappa shape index (κ2) is 14.9. The van der Waals surface area contributed by atoms with Crippen molar-refractivity contribution in [2.45, 2.75) is 10.8 Å². The molecule has 296 valence electrons. The van der Waals surface area contributed by atoms with E-state index in [1.54, 1.807) is 0 Å². The summed E-state index contributed by atoms with van der Waals surface area (Å²) in [4.78, 5) is 2.48. The molecule has 0 aliphatic heterocycles. The van der Waals surface area contributed by atoms with E-state index in [9.17, 15) is 0 Å². The van der Waals surface area contributed by atoms with E-state index in [-0.39, 0.29) is 0 Å². The Hall–Kier alpha value is -8.00. The predicted molar refractivity (Wildman–Crippen MR) is 261 cm³/mol. The summed E-state index contributed by atoms with van der Waals surface area (Å²) >= 11 is 0. The summed E-state index contributed by atoms with van der Waals surface area (Å²) in [6, 6.07) is 96.5. The summed E-state index contributed by atoms with van der Waals surface area (Å²) in [5.74, 6) is 0. The van der Waals surface area contributed by atoms with Crippen LogP contribution in [0.3, 0.4) is 0 Å². The predicted octanol–water partition coefficient (Wildman–Crippen LogP) is 15.5. The highest BCUT2D eigenvalue weighted by atomic mass is 15.1. The van der Waals surface area contributed by atoms with Gasteiger partial charge in [-0.1, -0.05) is 231 Å². The molecule has 10 aromatic carbocycles. The van der Waals surface area contributed by atoms with Gasteiger partial charge in [0.25, 0.3) is 0 Å². The molecule has 2 aliphatic rings. The van der Waals surface area contributed by atoms with E-state index >= 15 is 0 Å². The fraction of sp³-hybridized carbons (Fsp3) is 0.0323. The van der Waals surface area contributed by atoms with Crippen molar-refractivity contribution in [1.29, 1.82) is 0 Å². The maximum Gasteiger partial charge on any atom is 0.0720 e. The van der Waals surface area contributed by atoms with Gasteiger partial charge in [0.05, 0.1) is 16.5 Å². The van der Waals surface area contributed by atoms with E-state index in [2.05, 4.69) is 266 Å². The van der Waals surface area contributed by atoms with Gasteiger partial charge in [-0.15, -0.1) is 0 Å². The molecule has 0 radical (unpaired) electrons. The van der Waals surface area contributed by atoms with E-state index in [1.807, 2.05) is 0 Å². The minimum Gasteiger partial charge on any atom is -0.310 e. The van der Waals surface area contributed by atoms with Crippen molar-refractivity contribution in [3.05, 3.63) is 305 Å². The fourth-order valence-electron chi connectivity index (χ4n) is 11.1. The second-order valence-electron chi connectivity index (χ2n) is 16.7. The number of hydrogen-bond acceptors (Lipinski definition) is 1. The zero-order chi connectivity index (χ0) is 41.8. The van der Waals surface area contributed by atoms with Crippen LogP contribution in [-0.2, 0) is 10.8 Å². The Kier molecular flexibility index (Phi) is 8.69. The molecule has 0 bridgehead atoms. The van der Waals surface area contributed by atoms with Crippen molar-refractivity contribution >= 4 is 17.1 Å². The summed E-state index contributed by atoms with van der Waals surface area (Å²) in [5, 5.41) is 0. The average Bonchev–Trinajstić information content (AvgIpc) is 3.67. The van der Waals surface area contributed by atoms with Crippen molar-refractivity contribution < 1.29 is 0 Å². The number of anilines is 3. The molecule has 10 aromatic rings. The first-order valence-electron chi connectivity index (χ1n) is 21.9. The zero-order valence-corrected chi connectivity index (χ0v) is 34.8. The Balaban J connectivity index is 1.16. The van der Waals surface area contributed by atoms with E-state index in [0.717, 1.165) is 17.1 Å². The van der Waals surface area contributed by atoms with E-state index < -0.39 is 10.8 Å². The van der Waals surface area contributed by atoms with Gasteiger partial charge in [0, 0.05) is 16.9 Å². The fourth-order valence-corrected chi connectivity index (χ4v) is 11.1. The molecule has 0 unspecified atom stereocenters. The van der Waals surface area contributed by atoms with Crippen LogP contribution >= 0.6 is 0 Å². The number of benzene rings is 10. The average molecular weight is 802 g/mol. The first kappa shape index (κ1) is 36.8. The molecule has 1 heteroatoms. The van der Waals surface area contributed by atoms with Gasteiger partial charge in [0.1, 0.15) is 0 Å². The lowest BCUT2D eigenvalue weighted by atomic mass is 9.51. The van der Waals surface area contributed by atoms with Crippen LogP contribution in [0, 0.1) is 0 Å². The van der Waals surface area contributed by atoms with Crippen LogP contribution in [0.15, 0.2) is 261 Å². The molecule has 0 N–H and O–H groups in total. The number of rotatable bonds is 7. The summed E-state index contributed by atoms with van der Waals surface area (Å²) < 4.78 is 0. The van der Waals surface area contributed by atoms with Crippen LogP contribution in [0.5, 0.6) is 0 Å². The highest BCUT2D eigenvalue weighted by Crippen LogP contribution is 2.66. The van der Waals surface area contributed by atoms with Crippen molar-refractivity contribution in [3.8, 4) is 33.4 Å². The zero-order valence-electron chi connectivity index (χ0n) is 34.8. The molecule has 0 heterocycles. The van der Waals surface area contributed by atoms with Gasteiger partial charge in [-0.25, -0.2) is 0 Å². The van der Waals surface area contributed by atoms with Gasteiger partial charge in [0.2, 0.25) is 0 Å². The van der Waals surface area contributed by atoms with Crippen molar-refractivity contribution in [3.63, 3.8) is 0 Å². The van der Waals surface area contributed by atoms with Crippen molar-refractivity contribution in [2.75, 3.05) is 4.90 Å². The Morgan fingerprint density at radius 2 is 0.667 bits per heavy atom. The molecule has 1 spiro atoms. The van der Waals surface area contributed by atoms with Crippen molar-refractivity contribution in [2.24, 2.45) is 0 Å². The van der Waals surface area contributed by atoms with Crippen molar-refractivity contribution in [1.82, 2.24) is 0 Å². The second-order valence-corrected chi connectivity index (χ2v) is 16.7. The maximum atomic E-state index is 2.48. The smallest absolute Gasteiger partial charge is 0.0720 e. The highest BCUT2D eigenvalue weighted by molar-refractivity contribution is 5.99. The van der Waals surface area contributed by atoms with E-state index in [0.29, 0.717) is 0 Å². The molecule has 0 atom stereocenters. The first-order valence-corrected chi connectivity index (χ1v) is 21.9. The lowest BCUT2D eigenvalue weighted by Gasteiger charge is -2.50. The molecule has 63 heavy (non-hydrogen) atoms. The third-order valence-electron chi connectivity index (χ3n) is 13.6. The van der Waals surface area contributed by atoms with Gasteiger partial charge < -0.3 is 4.90 Å². The Morgan fingerprint density at radius 1 is 0.254 bits per heavy atom. The number of fused-ring (bicyclic) bond motifs is 9. The van der Waals surface area contributed by atoms with Crippen LogP contribution in [0.2, 0.25) is 0 Å². The SMILES string of the molecule is c1ccc(-c2ccc(N(c3cccc(-c4ccccc4)c3)c3cccc4c3-c3ccccc3C43c4ccccc4C(c4ccccc4)(c4ccccc4)c4ccccc43)cc2)cc1. The molecule has 0 saturated carbocycles. The van der Waals surface area contributed by atoms with Crippen LogP contribution in [0.1, 0.15) is 44.5 Å². The first-order chi connectivity index (χ1) is 31.3. The molecular formula is C62H43N. The Bertz CT molecular complexity index is 3170. The lowest BCUT2D eigenvalue weighted by molar-refractivity contribution is 0.623. The molecule has 2 aliphatic carbocycles. The largest absolute Gasteiger partial charge is 0.310 e. The molecule has 12 rings (SSSR count). The topological polar surface area (TPSA) is 3.24 Å². The van der Waals surface area contributed by atoms with Crippen LogP contribution in [0.4, 0.5) is 17.1 Å². The standard InChI is InChI=1S/C62H43N/c1-5-21-44(22-6-1)46-39-41-50(42-40-46)63(51-30-19-25-47(43-51)45-23-7-2-8-24-45)59-38-20-37-58-60(59)52-31-13-14-32-53(52)62(58)56-35-17-15-33-54(56)61(48-26-9-3-10-27-48,49-28-11-4-12-29-49)55-34-16-18-36-57(55)62/h1-43H. The van der Waals surface area contributed by atoms with Crippen LogP contribution < -0.4 is 4.90 Å². The third-order valence-corrected chi connectivity index (χ3v) is 13.6. The summed E-state index contributed by atoms with van der Waals surface area (Å²) in [6.07, 6.45) is 0. The Labute approximate surface area is 369 Å². The lowest BCUT2D eigenvalue weighted by Crippen LogP contribution is -2.44. The van der Waals surface area contributed by atoms with E-state index in [1.165, 1.54) is 77.9 Å². The van der Waals surface area contributed by atoms with Crippen LogP contribution in [0.25, 0.3) is 33.4 Å². The third kappa shape index (κ3) is 5.50. The maximum absolute atomic E-state index is 2.48. The van der Waals surface area contributed by atoms with Gasteiger partial charge in [-0.2, -0.15) is 0 Å². The Morgan fingerprint density at radius 3 is 1.24 bits per heavy atom. The van der Waals surface area contributed by atoms with Gasteiger partial charge in [-0.05, 0) is 103 Å². The van der Waals surface area contributed by atoms with Gasteiger partial charge in [-0.3, -0.25) is 0 Å². The monoisotopic (exact) mass is 801 g/mol. The normalized spacial score (nSPS) is 13.7. The van der Waals surface area contributed by atoms with Crippen LogP contribution in [-0.4, -0.2) is 0 Å². The van der Waals surface area contributed by atoms with E-state index in [4.69, 9.17) is 0 Å². The summed E-state index contributed by atoms with van der Waals surface area (Å²) in [7, 11) is 0. The summed E-state index contributed by atoms with van der Waals surface area (Å²) in [6.45, 7) is 0. The minimum absolute atomic E-state index is 0.555. The number of hydrogen-bond donors (Lipinski definition) is 0. The molecule has 0 saturated heterocycles. The molecule has 0 amide bonds. The minimum atomic E-state index is -0.600. The quantitative estimate of drug-likeness (QED) is 0.155. The molecule has 0 fully saturated rings.